The summed E-state index contributed by atoms with van der Waals surface area (Å²) in [5, 5.41) is 5.10. The van der Waals surface area contributed by atoms with Gasteiger partial charge in [0.1, 0.15) is 5.82 Å². The molecule has 134 valence electrons. The summed E-state index contributed by atoms with van der Waals surface area (Å²) >= 11 is 1.50. The standard InChI is InChI=1S/C17H24N6OS/c1-12-10-22(17-19-15(20-25-17)13-5-3-4-6-13)7-8-23(12)16(24)14-9-18-21(2)11-14/h9,11-13H,3-8,10H2,1-2H3/t12-/m0/s1. The van der Waals surface area contributed by atoms with Gasteiger partial charge in [0.15, 0.2) is 0 Å². The predicted molar refractivity (Wildman–Crippen MR) is 97.0 cm³/mol. The van der Waals surface area contributed by atoms with E-state index in [1.807, 2.05) is 11.9 Å². The van der Waals surface area contributed by atoms with Crippen molar-refractivity contribution < 1.29 is 4.79 Å². The number of aryl methyl sites for hydroxylation is 1. The molecule has 3 heterocycles. The zero-order valence-corrected chi connectivity index (χ0v) is 15.6. The summed E-state index contributed by atoms with van der Waals surface area (Å²) in [5.74, 6) is 1.64. The van der Waals surface area contributed by atoms with Crippen molar-refractivity contribution in [1.29, 1.82) is 0 Å². The summed E-state index contributed by atoms with van der Waals surface area (Å²) < 4.78 is 6.27. The molecule has 2 aromatic heterocycles. The summed E-state index contributed by atoms with van der Waals surface area (Å²) in [5.41, 5.74) is 0.655. The van der Waals surface area contributed by atoms with Gasteiger partial charge in [-0.15, -0.1) is 0 Å². The number of amides is 1. The number of rotatable bonds is 3. The highest BCUT2D eigenvalue weighted by atomic mass is 32.1. The molecular weight excluding hydrogens is 336 g/mol. The molecule has 8 heteroatoms. The molecule has 1 aliphatic heterocycles. The third kappa shape index (κ3) is 3.27. The van der Waals surface area contributed by atoms with Gasteiger partial charge in [-0.3, -0.25) is 9.48 Å². The minimum absolute atomic E-state index is 0.0594. The maximum atomic E-state index is 12.7. The van der Waals surface area contributed by atoms with Gasteiger partial charge in [0.05, 0.1) is 11.8 Å². The number of piperazine rings is 1. The summed E-state index contributed by atoms with van der Waals surface area (Å²) in [6, 6.07) is 0.139. The lowest BCUT2D eigenvalue weighted by atomic mass is 10.1. The molecule has 0 aromatic carbocycles. The Morgan fingerprint density at radius 1 is 1.28 bits per heavy atom. The van der Waals surface area contributed by atoms with Crippen LogP contribution < -0.4 is 4.90 Å². The van der Waals surface area contributed by atoms with E-state index in [9.17, 15) is 4.79 Å². The van der Waals surface area contributed by atoms with E-state index in [4.69, 9.17) is 4.98 Å². The Balaban J connectivity index is 1.42. The van der Waals surface area contributed by atoms with Crippen LogP contribution in [0.4, 0.5) is 5.13 Å². The molecule has 1 saturated carbocycles. The summed E-state index contributed by atoms with van der Waals surface area (Å²) in [6.07, 6.45) is 8.46. The van der Waals surface area contributed by atoms with Gasteiger partial charge in [0.25, 0.3) is 5.91 Å². The van der Waals surface area contributed by atoms with Crippen LogP contribution in [0.2, 0.25) is 0 Å². The molecule has 1 aliphatic carbocycles. The van der Waals surface area contributed by atoms with Crippen LogP contribution in [-0.4, -0.2) is 55.6 Å². The van der Waals surface area contributed by atoms with Gasteiger partial charge in [-0.05, 0) is 19.8 Å². The summed E-state index contributed by atoms with van der Waals surface area (Å²) in [4.78, 5) is 21.7. The lowest BCUT2D eigenvalue weighted by Crippen LogP contribution is -2.54. The molecule has 2 fully saturated rings. The Bertz CT molecular complexity index is 750. The average molecular weight is 360 g/mol. The van der Waals surface area contributed by atoms with Gasteiger partial charge in [-0.2, -0.15) is 9.47 Å². The second kappa shape index (κ2) is 6.74. The van der Waals surface area contributed by atoms with Crippen molar-refractivity contribution in [2.45, 2.75) is 44.6 Å². The minimum Gasteiger partial charge on any atom is -0.343 e. The molecule has 0 N–H and O–H groups in total. The van der Waals surface area contributed by atoms with Crippen molar-refractivity contribution in [3.05, 3.63) is 23.8 Å². The smallest absolute Gasteiger partial charge is 0.257 e. The molecule has 0 bridgehead atoms. The van der Waals surface area contributed by atoms with E-state index in [1.54, 1.807) is 17.1 Å². The fraction of sp³-hybridized carbons (Fsp3) is 0.647. The number of hydrogen-bond donors (Lipinski definition) is 0. The number of hydrogen-bond acceptors (Lipinski definition) is 6. The van der Waals surface area contributed by atoms with E-state index in [1.165, 1.54) is 37.2 Å². The first-order valence-corrected chi connectivity index (χ1v) is 9.77. The molecule has 2 aromatic rings. The first kappa shape index (κ1) is 16.5. The van der Waals surface area contributed by atoms with Crippen LogP contribution in [0, 0.1) is 0 Å². The van der Waals surface area contributed by atoms with E-state index >= 15 is 0 Å². The normalized spacial score (nSPS) is 21.9. The molecule has 25 heavy (non-hydrogen) atoms. The SMILES string of the molecule is C[C@H]1CN(c2nc(C3CCCC3)ns2)CCN1C(=O)c1cnn(C)c1. The summed E-state index contributed by atoms with van der Waals surface area (Å²) in [7, 11) is 1.83. The van der Waals surface area contributed by atoms with Crippen molar-refractivity contribution in [1.82, 2.24) is 24.0 Å². The topological polar surface area (TPSA) is 67.2 Å². The lowest BCUT2D eigenvalue weighted by molar-refractivity contribution is 0.0674. The average Bonchev–Trinajstić information content (AvgIpc) is 3.35. The van der Waals surface area contributed by atoms with Gasteiger partial charge in [-0.1, -0.05) is 12.8 Å². The van der Waals surface area contributed by atoms with Gasteiger partial charge >= 0.3 is 0 Å². The van der Waals surface area contributed by atoms with Crippen molar-refractivity contribution in [3.63, 3.8) is 0 Å². The fourth-order valence-electron chi connectivity index (χ4n) is 3.84. The van der Waals surface area contributed by atoms with Crippen LogP contribution in [0.1, 0.15) is 54.7 Å². The van der Waals surface area contributed by atoms with Crippen molar-refractivity contribution in [2.24, 2.45) is 7.05 Å². The van der Waals surface area contributed by atoms with Crippen LogP contribution in [0.25, 0.3) is 0 Å². The highest BCUT2D eigenvalue weighted by Gasteiger charge is 2.31. The number of aromatic nitrogens is 4. The first-order chi connectivity index (χ1) is 12.1. The van der Waals surface area contributed by atoms with Crippen LogP contribution in [0.3, 0.4) is 0 Å². The van der Waals surface area contributed by atoms with Gasteiger partial charge < -0.3 is 9.80 Å². The monoisotopic (exact) mass is 360 g/mol. The third-order valence-electron chi connectivity index (χ3n) is 5.26. The van der Waals surface area contributed by atoms with E-state index in [0.29, 0.717) is 18.0 Å². The zero-order valence-electron chi connectivity index (χ0n) is 14.8. The Morgan fingerprint density at radius 3 is 2.76 bits per heavy atom. The molecule has 0 radical (unpaired) electrons. The van der Waals surface area contributed by atoms with Gasteiger partial charge in [-0.25, -0.2) is 4.98 Å². The maximum Gasteiger partial charge on any atom is 0.257 e. The minimum atomic E-state index is 0.0594. The van der Waals surface area contributed by atoms with Gasteiger partial charge in [0, 0.05) is 56.4 Å². The summed E-state index contributed by atoms with van der Waals surface area (Å²) in [6.45, 7) is 4.40. The highest BCUT2D eigenvalue weighted by Crippen LogP contribution is 2.34. The van der Waals surface area contributed by atoms with E-state index in [0.717, 1.165) is 24.0 Å². The second-order valence-corrected chi connectivity index (χ2v) is 7.84. The second-order valence-electron chi connectivity index (χ2n) is 7.11. The molecule has 1 atom stereocenters. The molecule has 2 aliphatic rings. The van der Waals surface area contributed by atoms with Gasteiger partial charge in [0.2, 0.25) is 5.13 Å². The Labute approximate surface area is 151 Å². The fourth-order valence-corrected chi connectivity index (χ4v) is 4.62. The van der Waals surface area contributed by atoms with Crippen LogP contribution in [-0.2, 0) is 7.05 Å². The molecule has 0 unspecified atom stereocenters. The Kier molecular flexibility index (Phi) is 4.45. The van der Waals surface area contributed by atoms with Crippen LogP contribution in [0.15, 0.2) is 12.4 Å². The van der Waals surface area contributed by atoms with Crippen molar-refractivity contribution in [3.8, 4) is 0 Å². The molecule has 1 saturated heterocycles. The largest absolute Gasteiger partial charge is 0.343 e. The lowest BCUT2D eigenvalue weighted by Gasteiger charge is -2.39. The predicted octanol–water partition coefficient (Wildman–Crippen LogP) is 2.28. The molecule has 1 amide bonds. The number of anilines is 1. The van der Waals surface area contributed by atoms with E-state index in [2.05, 4.69) is 21.3 Å². The number of carbonyl (C=O) groups is 1. The van der Waals surface area contributed by atoms with Crippen LogP contribution >= 0.6 is 11.5 Å². The molecule has 7 nitrogen and oxygen atoms in total. The number of carbonyl (C=O) groups excluding carboxylic acids is 1. The maximum absolute atomic E-state index is 12.7. The number of nitrogens with zero attached hydrogens (tertiary/aromatic N) is 6. The zero-order chi connectivity index (χ0) is 17.4. The third-order valence-corrected chi connectivity index (χ3v) is 6.05. The molecular formula is C17H24N6OS. The highest BCUT2D eigenvalue weighted by molar-refractivity contribution is 7.09. The Hall–Kier alpha value is -1.96. The van der Waals surface area contributed by atoms with E-state index in [-0.39, 0.29) is 11.9 Å². The van der Waals surface area contributed by atoms with Crippen molar-refractivity contribution >= 4 is 22.6 Å². The Morgan fingerprint density at radius 2 is 2.08 bits per heavy atom. The van der Waals surface area contributed by atoms with Crippen molar-refractivity contribution in [2.75, 3.05) is 24.5 Å². The first-order valence-electron chi connectivity index (χ1n) is 9.00. The van der Waals surface area contributed by atoms with Crippen LogP contribution in [0.5, 0.6) is 0 Å². The molecule has 0 spiro atoms. The van der Waals surface area contributed by atoms with E-state index < -0.39 is 0 Å². The quantitative estimate of drug-likeness (QED) is 0.840. The molecule has 4 rings (SSSR count).